The summed E-state index contributed by atoms with van der Waals surface area (Å²) in [6, 6.07) is 0. The van der Waals surface area contributed by atoms with Crippen molar-refractivity contribution in [3.05, 3.63) is 29.3 Å². The Kier molecular flexibility index (Phi) is 6.76. The van der Waals surface area contributed by atoms with Crippen LogP contribution in [0.3, 0.4) is 0 Å². The van der Waals surface area contributed by atoms with Crippen molar-refractivity contribution in [2.75, 3.05) is 24.7 Å². The van der Waals surface area contributed by atoms with Crippen LogP contribution in [-0.2, 0) is 18.6 Å². The molecule has 0 saturated carbocycles. The molecule has 2 fully saturated rings. The first-order valence-electron chi connectivity index (χ1n) is 12.1. The van der Waals surface area contributed by atoms with Gasteiger partial charge in [-0.15, -0.1) is 0 Å². The number of rotatable bonds is 7. The summed E-state index contributed by atoms with van der Waals surface area (Å²) >= 11 is 0. The van der Waals surface area contributed by atoms with E-state index in [9.17, 15) is 34.7 Å². The number of nitrogens with one attached hydrogen (secondary N) is 1. The molecule has 4 aromatic heterocycles. The Bertz CT molecular complexity index is 1710. The molecular weight excluding hydrogens is 571 g/mol. The molecule has 9 atom stereocenters. The number of imidazole rings is 2. The Morgan fingerprint density at radius 2 is 1.63 bits per heavy atom. The zero-order valence-corrected chi connectivity index (χ0v) is 21.7. The molecule has 0 aromatic carbocycles. The lowest BCUT2D eigenvalue weighted by Gasteiger charge is -2.27. The zero-order valence-electron chi connectivity index (χ0n) is 20.8. The number of H-pyrrole nitrogens is 1. The number of ether oxygens (including phenoxy) is 2. The van der Waals surface area contributed by atoms with Gasteiger partial charge in [0.15, 0.2) is 35.1 Å². The van der Waals surface area contributed by atoms with Crippen molar-refractivity contribution in [2.24, 2.45) is 0 Å². The molecule has 21 heteroatoms. The Labute approximate surface area is 227 Å². The fourth-order valence-electron chi connectivity index (χ4n) is 5.01. The normalized spacial score (nSPS) is 31.7. The Morgan fingerprint density at radius 3 is 2.37 bits per heavy atom. The zero-order chi connectivity index (χ0) is 29.2. The van der Waals surface area contributed by atoms with Gasteiger partial charge in [0.2, 0.25) is 5.95 Å². The maximum atomic E-state index is 13.6. The number of hydrogen-bond acceptors (Lipinski definition) is 16. The summed E-state index contributed by atoms with van der Waals surface area (Å²) in [7, 11) is -4.88. The first kappa shape index (κ1) is 27.6. The third-order valence-electron chi connectivity index (χ3n) is 7.04. The van der Waals surface area contributed by atoms with Gasteiger partial charge in [-0.1, -0.05) is 0 Å². The van der Waals surface area contributed by atoms with Crippen LogP contribution in [0.25, 0.3) is 22.3 Å². The molecule has 4 aromatic rings. The molecule has 0 bridgehead atoms. The van der Waals surface area contributed by atoms with Crippen molar-refractivity contribution >= 4 is 41.7 Å². The molecule has 41 heavy (non-hydrogen) atoms. The van der Waals surface area contributed by atoms with Crippen LogP contribution in [0, 0.1) is 0 Å². The molecule has 1 unspecified atom stereocenters. The first-order chi connectivity index (χ1) is 19.5. The van der Waals surface area contributed by atoms with Gasteiger partial charge in [0.1, 0.15) is 48.0 Å². The van der Waals surface area contributed by atoms with Crippen molar-refractivity contribution < 1.29 is 43.9 Å². The van der Waals surface area contributed by atoms with Crippen LogP contribution in [0.15, 0.2) is 23.8 Å². The summed E-state index contributed by atoms with van der Waals surface area (Å²) in [6.45, 7) is -1.43. The van der Waals surface area contributed by atoms with E-state index in [1.54, 1.807) is 0 Å². The van der Waals surface area contributed by atoms with E-state index in [4.69, 9.17) is 25.5 Å². The number of aliphatic hydroxyl groups excluding tert-OH is 4. The third-order valence-corrected chi connectivity index (χ3v) is 8.87. The van der Waals surface area contributed by atoms with E-state index < -0.39 is 75.0 Å². The molecular formula is C20H25N10O10P. The van der Waals surface area contributed by atoms with Crippen LogP contribution < -0.4 is 17.0 Å². The van der Waals surface area contributed by atoms with Crippen LogP contribution in [-0.4, -0.2) is 114 Å². The highest BCUT2D eigenvalue weighted by Gasteiger charge is 2.55. The minimum Gasteiger partial charge on any atom is -0.394 e. The van der Waals surface area contributed by atoms with Gasteiger partial charge < -0.3 is 50.8 Å². The monoisotopic (exact) mass is 596 g/mol. The number of nitrogens with zero attached hydrogens (tertiary/aromatic N) is 7. The van der Waals surface area contributed by atoms with E-state index in [1.807, 2.05) is 0 Å². The SMILES string of the molecule is Nc1nc2c(ncn2[C@@H]2O[C@H](CO)[C@H](O)[C@H]2P(=O)(O)OC[C@H]2O[C@@H](n3cnc4c(N)ncnc43)[C@H](O)[C@@H]2O)c(=O)[nH]1. The molecule has 6 rings (SSSR count). The van der Waals surface area contributed by atoms with Gasteiger partial charge in [0, 0.05) is 0 Å². The van der Waals surface area contributed by atoms with E-state index >= 15 is 0 Å². The van der Waals surface area contributed by atoms with E-state index in [0.29, 0.717) is 0 Å². The van der Waals surface area contributed by atoms with Gasteiger partial charge in [-0.3, -0.25) is 23.5 Å². The fourth-order valence-corrected chi connectivity index (χ4v) is 6.66. The summed E-state index contributed by atoms with van der Waals surface area (Å²) in [4.78, 5) is 45.4. The molecule has 0 radical (unpaired) electrons. The predicted octanol–water partition coefficient (Wildman–Crippen LogP) is -3.44. The summed E-state index contributed by atoms with van der Waals surface area (Å²) in [5.74, 6) is -0.175. The molecule has 0 aliphatic carbocycles. The van der Waals surface area contributed by atoms with Crippen molar-refractivity contribution in [3.63, 3.8) is 0 Å². The first-order valence-corrected chi connectivity index (χ1v) is 13.7. The second-order valence-corrected chi connectivity index (χ2v) is 11.5. The minimum absolute atomic E-state index is 0.0872. The molecule has 2 aliphatic heterocycles. The summed E-state index contributed by atoms with van der Waals surface area (Å²) in [5.41, 5.74) is 9.24. The van der Waals surface area contributed by atoms with Crippen LogP contribution in [0.1, 0.15) is 12.5 Å². The number of nitrogen functional groups attached to an aromatic ring is 2. The third kappa shape index (κ3) is 4.45. The lowest BCUT2D eigenvalue weighted by Crippen LogP contribution is -2.36. The summed E-state index contributed by atoms with van der Waals surface area (Å²) in [5, 5.41) is 41.8. The van der Waals surface area contributed by atoms with E-state index in [0.717, 1.165) is 10.9 Å². The summed E-state index contributed by atoms with van der Waals surface area (Å²) in [6.07, 6.45) is -6.55. The Hall–Kier alpha value is -3.59. The van der Waals surface area contributed by atoms with Gasteiger partial charge in [0.05, 0.1) is 25.9 Å². The molecule has 0 spiro atoms. The van der Waals surface area contributed by atoms with Crippen molar-refractivity contribution in [1.82, 2.24) is 39.0 Å². The van der Waals surface area contributed by atoms with Crippen molar-refractivity contribution in [1.29, 1.82) is 0 Å². The molecule has 20 nitrogen and oxygen atoms in total. The second kappa shape index (κ2) is 10.0. The fraction of sp³-hybridized carbons (Fsp3) is 0.500. The highest BCUT2D eigenvalue weighted by atomic mass is 31.2. The topological polar surface area (TPSA) is 305 Å². The van der Waals surface area contributed by atoms with Crippen LogP contribution in [0.5, 0.6) is 0 Å². The van der Waals surface area contributed by atoms with Crippen LogP contribution in [0.4, 0.5) is 11.8 Å². The Morgan fingerprint density at radius 1 is 0.951 bits per heavy atom. The number of aliphatic hydroxyl groups is 4. The predicted molar refractivity (Wildman–Crippen MR) is 135 cm³/mol. The molecule has 0 amide bonds. The summed E-state index contributed by atoms with van der Waals surface area (Å²) < 4.78 is 32.7. The van der Waals surface area contributed by atoms with Gasteiger partial charge in [-0.2, -0.15) is 4.98 Å². The molecule has 10 N–H and O–H groups in total. The highest BCUT2D eigenvalue weighted by molar-refractivity contribution is 7.53. The van der Waals surface area contributed by atoms with E-state index in [-0.39, 0.29) is 34.1 Å². The standard InChI is InChI=1S/C20H25N10O10P/c21-14-8-15(24-3-23-14)29(4-25-8)18-12(34)10(32)7(40-18)2-38-41(36,37)13-11(33)6(1-31)39-19(13)30-5-26-9-16(30)27-20(22)28-17(9)35/h3-7,10-13,18-19,31-34H,1-2H2,(H,36,37)(H2,21,23,24)(H3,22,27,28,35)/t6-,7-,10-,11+,12-,13-,18-,19-/m1/s1. The van der Waals surface area contributed by atoms with Gasteiger partial charge in [-0.25, -0.2) is 19.9 Å². The maximum absolute atomic E-state index is 13.6. The van der Waals surface area contributed by atoms with Crippen molar-refractivity contribution in [3.8, 4) is 0 Å². The lowest BCUT2D eigenvalue weighted by molar-refractivity contribution is -0.0496. The largest absolute Gasteiger partial charge is 0.394 e. The van der Waals surface area contributed by atoms with Crippen LogP contribution >= 0.6 is 7.60 Å². The molecule has 220 valence electrons. The molecule has 6 heterocycles. The lowest BCUT2D eigenvalue weighted by atomic mass is 10.1. The second-order valence-electron chi connectivity index (χ2n) is 9.49. The smallest absolute Gasteiger partial charge is 0.338 e. The highest BCUT2D eigenvalue weighted by Crippen LogP contribution is 2.57. The number of hydrogen-bond donors (Lipinski definition) is 8. The number of aromatic nitrogens is 8. The van der Waals surface area contributed by atoms with Crippen LogP contribution in [0.2, 0.25) is 0 Å². The average molecular weight is 596 g/mol. The minimum atomic E-state index is -4.88. The molecule has 2 saturated heterocycles. The molecule has 2 aliphatic rings. The van der Waals surface area contributed by atoms with Gasteiger partial charge >= 0.3 is 7.60 Å². The number of fused-ring (bicyclic) bond motifs is 2. The number of aromatic amines is 1. The Balaban J connectivity index is 1.25. The maximum Gasteiger partial charge on any atom is 0.338 e. The van der Waals surface area contributed by atoms with E-state index in [1.165, 1.54) is 17.2 Å². The van der Waals surface area contributed by atoms with Gasteiger partial charge in [0.25, 0.3) is 5.56 Å². The quantitative estimate of drug-likeness (QED) is 0.0962. The van der Waals surface area contributed by atoms with Crippen molar-refractivity contribution in [2.45, 2.75) is 48.6 Å². The average Bonchev–Trinajstić information content (AvgIpc) is 3.68. The van der Waals surface area contributed by atoms with E-state index in [2.05, 4.69) is 29.9 Å². The van der Waals surface area contributed by atoms with Gasteiger partial charge in [-0.05, 0) is 0 Å². The number of anilines is 2. The number of nitrogens with two attached hydrogens (primary N) is 2.